The average molecular weight is 230 g/mol. The van der Waals surface area contributed by atoms with E-state index in [9.17, 15) is 0 Å². The van der Waals surface area contributed by atoms with Gasteiger partial charge in [-0.1, -0.05) is 0 Å². The largest absolute Gasteiger partial charge is 0.360 e. The lowest BCUT2D eigenvalue weighted by atomic mass is 10.3. The molecule has 0 aromatic carbocycles. The third-order valence-corrected chi connectivity index (χ3v) is 2.82. The second-order valence-corrected chi connectivity index (χ2v) is 4.31. The van der Waals surface area contributed by atoms with E-state index in [-0.39, 0.29) is 6.04 Å². The van der Waals surface area contributed by atoms with E-state index < -0.39 is 0 Å². The van der Waals surface area contributed by atoms with Crippen LogP contribution in [0.25, 0.3) is 0 Å². The van der Waals surface area contributed by atoms with E-state index in [1.807, 2.05) is 13.0 Å². The first-order valence-electron chi connectivity index (χ1n) is 5.77. The Kier molecular flexibility index (Phi) is 2.47. The molecular formula is C11H14N6. The molecule has 2 aromatic heterocycles. The molecule has 88 valence electrons. The van der Waals surface area contributed by atoms with Crippen LogP contribution in [0.2, 0.25) is 0 Å². The number of aromatic amines is 1. The molecule has 0 amide bonds. The fourth-order valence-electron chi connectivity index (χ4n) is 1.71. The van der Waals surface area contributed by atoms with E-state index in [4.69, 9.17) is 0 Å². The van der Waals surface area contributed by atoms with Crippen LogP contribution in [0.1, 0.15) is 43.4 Å². The molecular weight excluding hydrogens is 216 g/mol. The second-order valence-electron chi connectivity index (χ2n) is 4.31. The lowest BCUT2D eigenvalue weighted by molar-refractivity contribution is 0.784. The van der Waals surface area contributed by atoms with E-state index in [0.29, 0.717) is 5.92 Å². The topological polar surface area (TPSA) is 79.4 Å². The fraction of sp³-hybridized carbons (Fsp3) is 0.455. The highest BCUT2D eigenvalue weighted by molar-refractivity contribution is 5.35. The molecule has 0 bridgehead atoms. The molecule has 0 spiro atoms. The fourth-order valence-corrected chi connectivity index (χ4v) is 1.71. The number of hydrogen-bond donors (Lipinski definition) is 2. The molecule has 1 fully saturated rings. The van der Waals surface area contributed by atoms with Gasteiger partial charge in [-0.3, -0.25) is 5.10 Å². The van der Waals surface area contributed by atoms with E-state index in [0.717, 1.165) is 17.5 Å². The van der Waals surface area contributed by atoms with Crippen molar-refractivity contribution < 1.29 is 0 Å². The molecule has 0 aliphatic heterocycles. The highest BCUT2D eigenvalue weighted by Crippen LogP contribution is 2.38. The number of hydrogen-bond acceptors (Lipinski definition) is 5. The zero-order chi connectivity index (χ0) is 11.7. The van der Waals surface area contributed by atoms with Gasteiger partial charge in [0.25, 0.3) is 0 Å². The van der Waals surface area contributed by atoms with Crippen molar-refractivity contribution in [2.75, 3.05) is 5.32 Å². The standard InChI is InChI=1S/C11H14N6/c1-7(10-13-6-14-17-10)15-9-4-5-12-11(16-9)8-2-3-8/h4-8H,2-3H2,1H3,(H,12,15,16)(H,13,14,17). The molecule has 1 aliphatic rings. The van der Waals surface area contributed by atoms with Crippen LogP contribution in [-0.2, 0) is 0 Å². The highest BCUT2D eigenvalue weighted by atomic mass is 15.2. The summed E-state index contributed by atoms with van der Waals surface area (Å²) in [6.45, 7) is 2.01. The summed E-state index contributed by atoms with van der Waals surface area (Å²) in [6.07, 6.45) is 5.72. The predicted octanol–water partition coefficient (Wildman–Crippen LogP) is 1.65. The van der Waals surface area contributed by atoms with Gasteiger partial charge in [-0.05, 0) is 25.8 Å². The molecule has 3 rings (SSSR count). The van der Waals surface area contributed by atoms with Gasteiger partial charge in [0.15, 0.2) is 0 Å². The molecule has 1 unspecified atom stereocenters. The Hall–Kier alpha value is -1.98. The Labute approximate surface area is 98.9 Å². The number of aromatic nitrogens is 5. The van der Waals surface area contributed by atoms with Crippen molar-refractivity contribution >= 4 is 5.82 Å². The third-order valence-electron chi connectivity index (χ3n) is 2.82. The molecule has 0 radical (unpaired) electrons. The minimum atomic E-state index is 0.0550. The Morgan fingerprint density at radius 1 is 1.41 bits per heavy atom. The quantitative estimate of drug-likeness (QED) is 0.834. The summed E-state index contributed by atoms with van der Waals surface area (Å²) in [7, 11) is 0. The Morgan fingerprint density at radius 3 is 3.00 bits per heavy atom. The number of anilines is 1. The summed E-state index contributed by atoms with van der Waals surface area (Å²) >= 11 is 0. The zero-order valence-corrected chi connectivity index (χ0v) is 9.59. The maximum Gasteiger partial charge on any atom is 0.146 e. The Bertz CT molecular complexity index is 490. The van der Waals surface area contributed by atoms with Crippen LogP contribution in [0.5, 0.6) is 0 Å². The molecule has 2 heterocycles. The monoisotopic (exact) mass is 230 g/mol. The lowest BCUT2D eigenvalue weighted by Crippen LogP contribution is -2.10. The van der Waals surface area contributed by atoms with E-state index >= 15 is 0 Å². The normalized spacial score (nSPS) is 16.8. The van der Waals surface area contributed by atoms with Gasteiger partial charge in [-0.2, -0.15) is 5.10 Å². The van der Waals surface area contributed by atoms with Gasteiger partial charge in [-0.25, -0.2) is 15.0 Å². The van der Waals surface area contributed by atoms with Crippen LogP contribution in [0.15, 0.2) is 18.6 Å². The van der Waals surface area contributed by atoms with Gasteiger partial charge in [0.1, 0.15) is 23.8 Å². The summed E-state index contributed by atoms with van der Waals surface area (Å²) in [6, 6.07) is 1.93. The van der Waals surface area contributed by atoms with Crippen molar-refractivity contribution in [1.82, 2.24) is 25.1 Å². The van der Waals surface area contributed by atoms with Gasteiger partial charge in [0, 0.05) is 12.1 Å². The van der Waals surface area contributed by atoms with Gasteiger partial charge < -0.3 is 5.32 Å². The van der Waals surface area contributed by atoms with Crippen molar-refractivity contribution in [2.45, 2.75) is 31.7 Å². The van der Waals surface area contributed by atoms with Crippen molar-refractivity contribution in [2.24, 2.45) is 0 Å². The third kappa shape index (κ3) is 2.25. The first-order chi connectivity index (χ1) is 8.33. The molecule has 17 heavy (non-hydrogen) atoms. The second kappa shape index (κ2) is 4.12. The van der Waals surface area contributed by atoms with Crippen LogP contribution in [0, 0.1) is 0 Å². The van der Waals surface area contributed by atoms with Crippen molar-refractivity contribution in [1.29, 1.82) is 0 Å². The molecule has 6 heteroatoms. The van der Waals surface area contributed by atoms with Crippen molar-refractivity contribution in [3.05, 3.63) is 30.2 Å². The first kappa shape index (κ1) is 10.2. The van der Waals surface area contributed by atoms with E-state index in [1.54, 1.807) is 6.20 Å². The molecule has 1 saturated carbocycles. The van der Waals surface area contributed by atoms with E-state index in [1.165, 1.54) is 19.2 Å². The van der Waals surface area contributed by atoms with Crippen LogP contribution < -0.4 is 5.32 Å². The predicted molar refractivity (Wildman–Crippen MR) is 62.4 cm³/mol. The Morgan fingerprint density at radius 2 is 2.29 bits per heavy atom. The lowest BCUT2D eigenvalue weighted by Gasteiger charge is -2.11. The van der Waals surface area contributed by atoms with Gasteiger partial charge in [-0.15, -0.1) is 0 Å². The number of rotatable bonds is 4. The number of nitrogens with one attached hydrogen (secondary N) is 2. The smallest absolute Gasteiger partial charge is 0.146 e. The highest BCUT2D eigenvalue weighted by Gasteiger charge is 2.26. The van der Waals surface area contributed by atoms with Crippen LogP contribution in [-0.4, -0.2) is 25.1 Å². The SMILES string of the molecule is CC(Nc1ccnc(C2CC2)n1)c1ncn[nH]1. The molecule has 6 nitrogen and oxygen atoms in total. The summed E-state index contributed by atoms with van der Waals surface area (Å²) < 4.78 is 0. The van der Waals surface area contributed by atoms with Crippen LogP contribution in [0.3, 0.4) is 0 Å². The van der Waals surface area contributed by atoms with Crippen LogP contribution in [0.4, 0.5) is 5.82 Å². The zero-order valence-electron chi connectivity index (χ0n) is 9.59. The molecule has 1 aliphatic carbocycles. The van der Waals surface area contributed by atoms with E-state index in [2.05, 4.69) is 30.5 Å². The van der Waals surface area contributed by atoms with Gasteiger partial charge in [0.2, 0.25) is 0 Å². The first-order valence-corrected chi connectivity index (χ1v) is 5.77. The molecule has 1 atom stereocenters. The van der Waals surface area contributed by atoms with Gasteiger partial charge in [0.05, 0.1) is 6.04 Å². The molecule has 2 aromatic rings. The molecule has 0 saturated heterocycles. The van der Waals surface area contributed by atoms with Gasteiger partial charge >= 0.3 is 0 Å². The minimum Gasteiger partial charge on any atom is -0.360 e. The summed E-state index contributed by atoms with van der Waals surface area (Å²) in [5.74, 6) is 3.15. The Balaban J connectivity index is 1.73. The molecule has 2 N–H and O–H groups in total. The maximum absolute atomic E-state index is 4.50. The van der Waals surface area contributed by atoms with Crippen LogP contribution >= 0.6 is 0 Å². The summed E-state index contributed by atoms with van der Waals surface area (Å²) in [5, 5.41) is 9.95. The van der Waals surface area contributed by atoms with Crippen molar-refractivity contribution in [3.8, 4) is 0 Å². The summed E-state index contributed by atoms with van der Waals surface area (Å²) in [5.41, 5.74) is 0. The number of H-pyrrole nitrogens is 1. The minimum absolute atomic E-state index is 0.0550. The summed E-state index contributed by atoms with van der Waals surface area (Å²) in [4.78, 5) is 12.9. The van der Waals surface area contributed by atoms with Crippen molar-refractivity contribution in [3.63, 3.8) is 0 Å². The number of nitrogens with zero attached hydrogens (tertiary/aromatic N) is 4. The average Bonchev–Trinajstić information content (AvgIpc) is 3.04. The maximum atomic E-state index is 4.50.